The van der Waals surface area contributed by atoms with Crippen LogP contribution in [0.4, 0.5) is 0 Å². The van der Waals surface area contributed by atoms with Crippen molar-refractivity contribution in [1.29, 1.82) is 0 Å². The van der Waals surface area contributed by atoms with Crippen molar-refractivity contribution in [3.05, 3.63) is 99.3 Å². The Morgan fingerprint density at radius 2 is 1.43 bits per heavy atom. The van der Waals surface area contributed by atoms with E-state index < -0.39 is 0 Å². The first-order valence-corrected chi connectivity index (χ1v) is 8.05. The van der Waals surface area contributed by atoms with Crippen LogP contribution in [0.1, 0.15) is 22.5 Å². The van der Waals surface area contributed by atoms with E-state index >= 15 is 0 Å². The minimum Gasteiger partial charge on any atom is -0.253 e. The van der Waals surface area contributed by atoms with Gasteiger partial charge in [-0.1, -0.05) is 53.5 Å². The Morgan fingerprint density at radius 1 is 0.826 bits per heavy atom. The number of nitrogens with zero attached hydrogens (tertiary/aromatic N) is 1. The summed E-state index contributed by atoms with van der Waals surface area (Å²) in [7, 11) is 0. The quantitative estimate of drug-likeness (QED) is 0.511. The highest BCUT2D eigenvalue weighted by Crippen LogP contribution is 2.26. The van der Waals surface area contributed by atoms with E-state index in [1.807, 2.05) is 73.7 Å². The lowest BCUT2D eigenvalue weighted by Crippen LogP contribution is -1.93. The number of pyridine rings is 1. The lowest BCUT2D eigenvalue weighted by atomic mass is 9.99. The first-order chi connectivity index (χ1) is 11.1. The van der Waals surface area contributed by atoms with Gasteiger partial charge in [-0.2, -0.15) is 0 Å². The van der Waals surface area contributed by atoms with Crippen LogP contribution in [0.15, 0.2) is 66.7 Å². The summed E-state index contributed by atoms with van der Waals surface area (Å²) in [5, 5.41) is 1.45. The molecule has 0 bridgehead atoms. The van der Waals surface area contributed by atoms with Gasteiger partial charge in [-0.3, -0.25) is 4.98 Å². The highest BCUT2D eigenvalue weighted by Gasteiger charge is 2.07. The summed E-state index contributed by atoms with van der Waals surface area (Å²) in [5.74, 6) is 0. The topological polar surface area (TPSA) is 12.9 Å². The van der Waals surface area contributed by atoms with E-state index in [0.29, 0.717) is 0 Å². The van der Waals surface area contributed by atoms with E-state index in [9.17, 15) is 0 Å². The fraction of sp³-hybridized carbons (Fsp3) is 0.0500. The maximum atomic E-state index is 6.02. The third-order valence-corrected chi connectivity index (χ3v) is 4.00. The summed E-state index contributed by atoms with van der Waals surface area (Å²) in [6.07, 6.45) is 2.11. The average Bonchev–Trinajstić information content (AvgIpc) is 2.55. The Labute approximate surface area is 146 Å². The normalized spacial score (nSPS) is 11.5. The number of benzene rings is 2. The van der Waals surface area contributed by atoms with Gasteiger partial charge in [0.1, 0.15) is 0 Å². The Hall–Kier alpha value is -2.09. The van der Waals surface area contributed by atoms with Gasteiger partial charge in [0.15, 0.2) is 0 Å². The Kier molecular flexibility index (Phi) is 4.80. The molecule has 0 saturated carbocycles. The molecule has 0 amide bonds. The predicted molar refractivity (Wildman–Crippen MR) is 98.9 cm³/mol. The molecular weight excluding hydrogens is 325 g/mol. The number of hydrogen-bond donors (Lipinski definition) is 0. The molecule has 3 rings (SSSR count). The standard InChI is InChI=1S/C20H15Cl2N/c1-14-3-2-4-20(23-14)19(16-7-11-18(22)12-8-16)13-15-5-9-17(21)10-6-15/h2-13H,1H3/b19-13+. The first-order valence-electron chi connectivity index (χ1n) is 7.29. The third kappa shape index (κ3) is 4.01. The smallest absolute Gasteiger partial charge is 0.0711 e. The molecule has 0 fully saturated rings. The number of halogens is 2. The van der Waals surface area contributed by atoms with Crippen molar-refractivity contribution in [1.82, 2.24) is 4.98 Å². The molecule has 1 aromatic heterocycles. The zero-order valence-electron chi connectivity index (χ0n) is 12.6. The largest absolute Gasteiger partial charge is 0.253 e. The number of hydrogen-bond acceptors (Lipinski definition) is 1. The second-order valence-corrected chi connectivity index (χ2v) is 6.15. The van der Waals surface area contributed by atoms with Crippen LogP contribution < -0.4 is 0 Å². The second-order valence-electron chi connectivity index (χ2n) is 5.28. The van der Waals surface area contributed by atoms with E-state index in [1.165, 1.54) is 0 Å². The van der Waals surface area contributed by atoms with Crippen molar-refractivity contribution < 1.29 is 0 Å². The van der Waals surface area contributed by atoms with Crippen LogP contribution >= 0.6 is 23.2 Å². The first kappa shape index (κ1) is 15.8. The summed E-state index contributed by atoms with van der Waals surface area (Å²) in [4.78, 5) is 4.66. The van der Waals surface area contributed by atoms with E-state index in [-0.39, 0.29) is 0 Å². The van der Waals surface area contributed by atoms with Crippen LogP contribution in [-0.4, -0.2) is 4.98 Å². The van der Waals surface area contributed by atoms with Gasteiger partial charge in [0.05, 0.1) is 5.69 Å². The lowest BCUT2D eigenvalue weighted by molar-refractivity contribution is 1.17. The van der Waals surface area contributed by atoms with Gasteiger partial charge in [0.25, 0.3) is 0 Å². The molecule has 114 valence electrons. The average molecular weight is 340 g/mol. The zero-order chi connectivity index (χ0) is 16.2. The number of aromatic nitrogens is 1. The van der Waals surface area contributed by atoms with Gasteiger partial charge in [-0.05, 0) is 60.5 Å². The van der Waals surface area contributed by atoms with Gasteiger partial charge < -0.3 is 0 Å². The number of rotatable bonds is 3. The summed E-state index contributed by atoms with van der Waals surface area (Å²) in [6, 6.07) is 21.6. The van der Waals surface area contributed by atoms with Crippen LogP contribution in [0, 0.1) is 6.92 Å². The number of aryl methyl sites for hydroxylation is 1. The molecule has 1 nitrogen and oxygen atoms in total. The molecule has 0 aliphatic carbocycles. The van der Waals surface area contributed by atoms with Crippen molar-refractivity contribution in [2.24, 2.45) is 0 Å². The minimum absolute atomic E-state index is 0.719. The molecule has 0 atom stereocenters. The molecule has 0 saturated heterocycles. The van der Waals surface area contributed by atoms with Crippen LogP contribution in [0.5, 0.6) is 0 Å². The summed E-state index contributed by atoms with van der Waals surface area (Å²) < 4.78 is 0. The molecule has 2 aromatic carbocycles. The lowest BCUT2D eigenvalue weighted by Gasteiger charge is -2.09. The maximum absolute atomic E-state index is 6.02. The Balaban J connectivity index is 2.13. The molecule has 0 aliphatic rings. The van der Waals surface area contributed by atoms with E-state index in [0.717, 1.165) is 38.1 Å². The molecule has 23 heavy (non-hydrogen) atoms. The van der Waals surface area contributed by atoms with Crippen molar-refractivity contribution >= 4 is 34.9 Å². The predicted octanol–water partition coefficient (Wildman–Crippen LogP) is 6.29. The monoisotopic (exact) mass is 339 g/mol. The molecule has 0 spiro atoms. The highest BCUT2D eigenvalue weighted by molar-refractivity contribution is 6.30. The van der Waals surface area contributed by atoms with Crippen LogP contribution in [-0.2, 0) is 0 Å². The Morgan fingerprint density at radius 3 is 2.04 bits per heavy atom. The van der Waals surface area contributed by atoms with Gasteiger partial charge in [-0.15, -0.1) is 0 Å². The van der Waals surface area contributed by atoms with Crippen molar-refractivity contribution in [2.75, 3.05) is 0 Å². The molecule has 1 heterocycles. The maximum Gasteiger partial charge on any atom is 0.0711 e. The van der Waals surface area contributed by atoms with E-state index in [2.05, 4.69) is 11.1 Å². The molecule has 0 N–H and O–H groups in total. The highest BCUT2D eigenvalue weighted by atomic mass is 35.5. The van der Waals surface area contributed by atoms with Crippen LogP contribution in [0.25, 0.3) is 11.6 Å². The van der Waals surface area contributed by atoms with Gasteiger partial charge >= 0.3 is 0 Å². The summed E-state index contributed by atoms with van der Waals surface area (Å²) >= 11 is 12.0. The molecular formula is C20H15Cl2N. The Bertz CT molecular complexity index is 834. The zero-order valence-corrected chi connectivity index (χ0v) is 14.1. The molecule has 3 aromatic rings. The van der Waals surface area contributed by atoms with Crippen LogP contribution in [0.3, 0.4) is 0 Å². The van der Waals surface area contributed by atoms with E-state index in [4.69, 9.17) is 23.2 Å². The molecule has 0 unspecified atom stereocenters. The fourth-order valence-electron chi connectivity index (χ4n) is 2.35. The van der Waals surface area contributed by atoms with E-state index in [1.54, 1.807) is 0 Å². The van der Waals surface area contributed by atoms with Crippen LogP contribution in [0.2, 0.25) is 10.0 Å². The molecule has 0 aliphatic heterocycles. The summed E-state index contributed by atoms with van der Waals surface area (Å²) in [6.45, 7) is 1.99. The van der Waals surface area contributed by atoms with Crippen molar-refractivity contribution in [3.63, 3.8) is 0 Å². The molecule has 3 heteroatoms. The van der Waals surface area contributed by atoms with Crippen molar-refractivity contribution in [2.45, 2.75) is 6.92 Å². The molecule has 0 radical (unpaired) electrons. The van der Waals surface area contributed by atoms with Gasteiger partial charge in [-0.25, -0.2) is 0 Å². The second kappa shape index (κ2) is 6.99. The third-order valence-electron chi connectivity index (χ3n) is 3.50. The SMILES string of the molecule is Cc1cccc(/C(=C/c2ccc(Cl)cc2)c2ccc(Cl)cc2)n1. The fourth-order valence-corrected chi connectivity index (χ4v) is 2.61. The van der Waals surface area contributed by atoms with Crippen molar-refractivity contribution in [3.8, 4) is 0 Å². The van der Waals surface area contributed by atoms with Gasteiger partial charge in [0.2, 0.25) is 0 Å². The minimum atomic E-state index is 0.719. The van der Waals surface area contributed by atoms with Gasteiger partial charge in [0, 0.05) is 21.3 Å². The summed E-state index contributed by atoms with van der Waals surface area (Å²) in [5.41, 5.74) is 5.11.